The van der Waals surface area contributed by atoms with E-state index in [0.29, 0.717) is 29.9 Å². The lowest BCUT2D eigenvalue weighted by atomic mass is 10.0. The van der Waals surface area contributed by atoms with Crippen molar-refractivity contribution in [2.24, 2.45) is 22.2 Å². The molecule has 1 N–H and O–H groups in total. The van der Waals surface area contributed by atoms with Gasteiger partial charge in [-0.15, -0.1) is 11.3 Å². The van der Waals surface area contributed by atoms with E-state index in [1.54, 1.807) is 6.20 Å². The number of piperazine rings is 1. The summed E-state index contributed by atoms with van der Waals surface area (Å²) in [6.45, 7) is 7.80. The maximum absolute atomic E-state index is 16.7. The van der Waals surface area contributed by atoms with E-state index >= 15 is 4.39 Å². The highest BCUT2D eigenvalue weighted by molar-refractivity contribution is 7.23. The van der Waals surface area contributed by atoms with E-state index in [1.165, 1.54) is 12.1 Å². The van der Waals surface area contributed by atoms with Crippen LogP contribution in [-0.2, 0) is 0 Å². The van der Waals surface area contributed by atoms with Crippen molar-refractivity contribution < 1.29 is 17.9 Å². The number of ether oxygens (including phenoxy) is 1. The molecule has 9 rings (SSSR count). The number of nitrogens with one attached hydrogen (secondary N) is 1. The SMILES string of the molecule is C=Nc1sc2c(F)ccc(-c3ncc4c(N5CC6CCC(C5)N6)nc(OCC5(CN6C[C@@H]7C(F)[C@@H]7C6)CC5)nc4c3F)c2c1C#N. The van der Waals surface area contributed by atoms with E-state index in [9.17, 15) is 14.0 Å². The second-order valence-electron chi connectivity index (χ2n) is 13.7. The lowest BCUT2D eigenvalue weighted by Crippen LogP contribution is -2.51. The van der Waals surface area contributed by atoms with Crippen LogP contribution in [0.2, 0.25) is 0 Å². The number of benzene rings is 1. The molecule has 236 valence electrons. The maximum atomic E-state index is 16.7. The molecule has 2 bridgehead atoms. The van der Waals surface area contributed by atoms with Crippen LogP contribution in [0.4, 0.5) is 24.0 Å². The molecule has 3 aliphatic heterocycles. The Morgan fingerprint density at radius 1 is 1.13 bits per heavy atom. The predicted molar refractivity (Wildman–Crippen MR) is 170 cm³/mol. The highest BCUT2D eigenvalue weighted by Crippen LogP contribution is 2.52. The summed E-state index contributed by atoms with van der Waals surface area (Å²) in [5.74, 6) is -0.287. The normalized spacial score (nSPS) is 27.6. The molecule has 3 unspecified atom stereocenters. The summed E-state index contributed by atoms with van der Waals surface area (Å²) in [5.41, 5.74) is 0.373. The Morgan fingerprint density at radius 2 is 1.89 bits per heavy atom. The fourth-order valence-electron chi connectivity index (χ4n) is 7.94. The largest absolute Gasteiger partial charge is 0.463 e. The van der Waals surface area contributed by atoms with Gasteiger partial charge in [0.2, 0.25) is 0 Å². The number of anilines is 1. The van der Waals surface area contributed by atoms with Crippen LogP contribution in [-0.4, -0.2) is 84.2 Å². The first-order valence-electron chi connectivity index (χ1n) is 15.8. The number of alkyl halides is 1. The van der Waals surface area contributed by atoms with Crippen LogP contribution in [0.1, 0.15) is 31.2 Å². The van der Waals surface area contributed by atoms with Crippen molar-refractivity contribution in [3.05, 3.63) is 35.5 Å². The van der Waals surface area contributed by atoms with Gasteiger partial charge in [-0.1, -0.05) is 0 Å². The van der Waals surface area contributed by atoms with E-state index in [0.717, 1.165) is 69.7 Å². The van der Waals surface area contributed by atoms with Gasteiger partial charge >= 0.3 is 6.01 Å². The van der Waals surface area contributed by atoms with Gasteiger partial charge in [0.1, 0.15) is 40.1 Å². The Hall–Kier alpha value is -3.86. The van der Waals surface area contributed by atoms with Crippen LogP contribution in [0.15, 0.2) is 23.3 Å². The van der Waals surface area contributed by atoms with Crippen molar-refractivity contribution in [1.29, 1.82) is 5.26 Å². The Balaban J connectivity index is 1.11. The number of rotatable bonds is 8. The van der Waals surface area contributed by atoms with Gasteiger partial charge in [0.05, 0.1) is 22.3 Å². The van der Waals surface area contributed by atoms with Gasteiger partial charge in [-0.05, 0) is 44.5 Å². The summed E-state index contributed by atoms with van der Waals surface area (Å²) in [6, 6.07) is 5.51. The molecule has 0 radical (unpaired) electrons. The minimum atomic E-state index is -0.696. The van der Waals surface area contributed by atoms with Gasteiger partial charge in [-0.25, -0.2) is 13.2 Å². The zero-order chi connectivity index (χ0) is 31.3. The molecule has 46 heavy (non-hydrogen) atoms. The number of pyridine rings is 1. The first-order chi connectivity index (χ1) is 22.3. The number of hydrogen-bond acceptors (Lipinski definition) is 10. The molecule has 3 saturated heterocycles. The Bertz CT molecular complexity index is 1950. The molecular formula is C33H31F3N8OS. The number of halogens is 3. The Kier molecular flexibility index (Phi) is 6.37. The second-order valence-corrected chi connectivity index (χ2v) is 14.7. The molecule has 9 nitrogen and oxygen atoms in total. The first kappa shape index (κ1) is 28.4. The van der Waals surface area contributed by atoms with Gasteiger partial charge in [-0.3, -0.25) is 9.98 Å². The van der Waals surface area contributed by atoms with Crippen molar-refractivity contribution >= 4 is 49.9 Å². The van der Waals surface area contributed by atoms with E-state index < -0.39 is 17.8 Å². The number of hydrogen-bond donors (Lipinski definition) is 1. The fourth-order valence-corrected chi connectivity index (χ4v) is 8.93. The molecule has 3 aromatic heterocycles. The Labute approximate surface area is 267 Å². The van der Waals surface area contributed by atoms with Gasteiger partial charge in [0.15, 0.2) is 5.82 Å². The molecule has 1 aromatic carbocycles. The molecule has 2 aliphatic carbocycles. The standard InChI is InChI=1S/C33H31F3N8OS/c1-38-31-19(8-37)24-18(4-5-23(34)29(24)46-31)27-26(36)28-20(9-39-27)30(44-10-16-2-3-17(11-44)40-16)42-32(41-28)45-15-33(6-7-33)14-43-12-21-22(13-43)25(21)35/h4-5,9,16-17,21-22,25,40H,1-3,6-7,10-15H2/t16?,17?,21-,22+,25?. The fraction of sp³-hybridized carbons (Fsp3) is 0.485. The second kappa shape index (κ2) is 10.3. The van der Waals surface area contributed by atoms with E-state index in [2.05, 4.69) is 42.9 Å². The smallest absolute Gasteiger partial charge is 0.319 e. The van der Waals surface area contributed by atoms with E-state index in [1.807, 2.05) is 0 Å². The number of thiophene rings is 1. The summed E-state index contributed by atoms with van der Waals surface area (Å²) in [6.07, 6.45) is 5.07. The minimum Gasteiger partial charge on any atom is -0.463 e. The molecule has 6 heterocycles. The molecule has 0 amide bonds. The third kappa shape index (κ3) is 4.48. The van der Waals surface area contributed by atoms with Gasteiger partial charge in [-0.2, -0.15) is 15.2 Å². The van der Waals surface area contributed by atoms with E-state index in [-0.39, 0.29) is 60.7 Å². The third-order valence-corrected chi connectivity index (χ3v) is 11.8. The van der Waals surface area contributed by atoms with Crippen molar-refractivity contribution in [2.45, 2.75) is 43.9 Å². The summed E-state index contributed by atoms with van der Waals surface area (Å²) < 4.78 is 51.9. The van der Waals surface area contributed by atoms with E-state index in [4.69, 9.17) is 9.72 Å². The summed E-state index contributed by atoms with van der Waals surface area (Å²) in [7, 11) is 0. The average Bonchev–Trinajstić information content (AvgIpc) is 3.72. The van der Waals surface area contributed by atoms with Crippen LogP contribution in [0.3, 0.4) is 0 Å². The minimum absolute atomic E-state index is 0.0412. The molecule has 2 saturated carbocycles. The number of nitriles is 1. The zero-order valence-corrected chi connectivity index (χ0v) is 25.8. The number of likely N-dealkylation sites (tertiary alicyclic amines) is 1. The lowest BCUT2D eigenvalue weighted by Gasteiger charge is -2.34. The zero-order valence-electron chi connectivity index (χ0n) is 25.0. The third-order valence-electron chi connectivity index (χ3n) is 10.6. The first-order valence-corrected chi connectivity index (χ1v) is 16.6. The van der Waals surface area contributed by atoms with Crippen molar-refractivity contribution in [2.75, 3.05) is 44.2 Å². The van der Waals surface area contributed by atoms with Crippen LogP contribution >= 0.6 is 11.3 Å². The summed E-state index contributed by atoms with van der Waals surface area (Å²) >= 11 is 0.995. The van der Waals surface area contributed by atoms with Crippen molar-refractivity contribution in [3.63, 3.8) is 0 Å². The van der Waals surface area contributed by atoms with Crippen LogP contribution in [0.25, 0.3) is 32.2 Å². The number of aliphatic imine (C=N–C) groups is 1. The summed E-state index contributed by atoms with van der Waals surface area (Å²) in [5, 5.41) is 14.5. The van der Waals surface area contributed by atoms with Crippen LogP contribution in [0, 0.1) is 40.2 Å². The molecule has 5 fully saturated rings. The molecule has 0 spiro atoms. The Morgan fingerprint density at radius 3 is 2.59 bits per heavy atom. The lowest BCUT2D eigenvalue weighted by molar-refractivity contribution is 0.155. The van der Waals surface area contributed by atoms with Crippen molar-refractivity contribution in [3.8, 4) is 23.3 Å². The number of nitrogens with zero attached hydrogens (tertiary/aromatic N) is 7. The molecule has 4 aromatic rings. The average molecular weight is 645 g/mol. The van der Waals surface area contributed by atoms with Gasteiger partial charge in [0, 0.05) is 79.2 Å². The molecule has 5 aliphatic rings. The quantitative estimate of drug-likeness (QED) is 0.255. The maximum Gasteiger partial charge on any atom is 0.319 e. The topological polar surface area (TPSA) is 103 Å². The monoisotopic (exact) mass is 644 g/mol. The predicted octanol–water partition coefficient (Wildman–Crippen LogP) is 5.39. The highest BCUT2D eigenvalue weighted by atomic mass is 32.1. The number of piperidine rings is 1. The van der Waals surface area contributed by atoms with Crippen LogP contribution in [0.5, 0.6) is 6.01 Å². The summed E-state index contributed by atoms with van der Waals surface area (Å²) in [4.78, 5) is 22.4. The van der Waals surface area contributed by atoms with Gasteiger partial charge < -0.3 is 19.9 Å². The van der Waals surface area contributed by atoms with Crippen LogP contribution < -0.4 is 15.0 Å². The number of fused-ring (bicyclic) bond motifs is 5. The molecular weight excluding hydrogens is 613 g/mol. The van der Waals surface area contributed by atoms with Gasteiger partial charge in [0.25, 0.3) is 0 Å². The highest BCUT2D eigenvalue weighted by Gasteiger charge is 2.58. The number of aromatic nitrogens is 3. The molecule has 13 heteroatoms. The molecule has 5 atom stereocenters. The van der Waals surface area contributed by atoms with Crippen molar-refractivity contribution in [1.82, 2.24) is 25.2 Å².